The van der Waals surface area contributed by atoms with Crippen molar-refractivity contribution in [2.45, 2.75) is 24.9 Å². The topological polar surface area (TPSA) is 59.0 Å². The first kappa shape index (κ1) is 21.4. The average molecular weight is 462 g/mol. The number of fused-ring (bicyclic) bond motifs is 1. The Morgan fingerprint density at radius 1 is 0.629 bits per heavy atom. The van der Waals surface area contributed by atoms with E-state index in [9.17, 15) is 0 Å². The van der Waals surface area contributed by atoms with Crippen LogP contribution in [0.3, 0.4) is 0 Å². The van der Waals surface area contributed by atoms with Crippen LogP contribution in [0.1, 0.15) is 11.1 Å². The highest BCUT2D eigenvalue weighted by Crippen LogP contribution is 2.14. The zero-order valence-corrected chi connectivity index (χ0v) is 19.4. The van der Waals surface area contributed by atoms with Gasteiger partial charge in [-0.1, -0.05) is 84.9 Å². The number of nitrogens with zero attached hydrogens (tertiary/aromatic N) is 2. The third-order valence-electron chi connectivity index (χ3n) is 6.41. The largest absolute Gasteiger partial charge is 0.476 e. The number of H-pyrrole nitrogens is 1. The fourth-order valence-electron chi connectivity index (χ4n) is 4.72. The average Bonchev–Trinajstić information content (AvgIpc) is 3.61. The van der Waals surface area contributed by atoms with Crippen molar-refractivity contribution in [2.75, 3.05) is 13.2 Å². The van der Waals surface area contributed by atoms with Crippen molar-refractivity contribution in [1.82, 2.24) is 4.98 Å². The fraction of sp³-hybridized carbons (Fsp3) is 0.200. The molecular formula is C30H27N3O2. The molecule has 1 N–H and O–H groups in total. The maximum Gasteiger partial charge on any atom is 0.211 e. The first-order chi connectivity index (χ1) is 17.3. The number of hydrogen-bond donors (Lipinski definition) is 1. The van der Waals surface area contributed by atoms with Gasteiger partial charge in [-0.2, -0.15) is 0 Å². The van der Waals surface area contributed by atoms with E-state index in [4.69, 9.17) is 19.5 Å². The summed E-state index contributed by atoms with van der Waals surface area (Å²) in [6.07, 6.45) is 5.76. The lowest BCUT2D eigenvalue weighted by atomic mass is 10.1. The van der Waals surface area contributed by atoms with Gasteiger partial charge in [-0.3, -0.25) is 0 Å². The number of aromatic nitrogens is 1. The van der Waals surface area contributed by atoms with Crippen molar-refractivity contribution in [3.05, 3.63) is 107 Å². The third kappa shape index (κ3) is 4.90. The van der Waals surface area contributed by atoms with Crippen LogP contribution >= 0.6 is 0 Å². The standard InChI is InChI=1S/C30H27N3O2/c1-3-9-21(10-4-1)15-23-19-34-29(31-23)17-27-25-13-7-8-14-26(25)28(33-27)18-30-32-24(20-35-30)16-22-11-5-2-6-12-22/h1-14,17-18,23-24,33H,15-16,19-20H2. The molecule has 0 spiro atoms. The van der Waals surface area contributed by atoms with Crippen LogP contribution in [0, 0.1) is 0 Å². The first-order valence-electron chi connectivity index (χ1n) is 12.1. The number of aromatic amines is 1. The quantitative estimate of drug-likeness (QED) is 0.475. The molecule has 174 valence electrons. The Balaban J connectivity index is 1.27. The predicted octanol–water partition coefficient (Wildman–Crippen LogP) is 3.81. The molecule has 35 heavy (non-hydrogen) atoms. The Morgan fingerprint density at radius 2 is 1.06 bits per heavy atom. The van der Waals surface area contributed by atoms with Crippen LogP contribution in [-0.4, -0.2) is 42.1 Å². The Hall–Kier alpha value is -4.12. The van der Waals surface area contributed by atoms with Crippen LogP contribution < -0.4 is 10.7 Å². The molecule has 2 aliphatic rings. The molecule has 0 fully saturated rings. The van der Waals surface area contributed by atoms with E-state index in [2.05, 4.69) is 65.6 Å². The van der Waals surface area contributed by atoms with Gasteiger partial charge in [0.05, 0.1) is 22.8 Å². The second-order valence-electron chi connectivity index (χ2n) is 9.03. The molecule has 3 aromatic carbocycles. The maximum atomic E-state index is 5.92. The minimum Gasteiger partial charge on any atom is -0.476 e. The monoisotopic (exact) mass is 461 g/mol. The van der Waals surface area contributed by atoms with Crippen molar-refractivity contribution in [3.8, 4) is 0 Å². The molecule has 0 bridgehead atoms. The highest BCUT2D eigenvalue weighted by Gasteiger charge is 2.19. The molecule has 5 nitrogen and oxygen atoms in total. The van der Waals surface area contributed by atoms with E-state index < -0.39 is 0 Å². The Bertz CT molecular complexity index is 1390. The van der Waals surface area contributed by atoms with Gasteiger partial charge >= 0.3 is 0 Å². The number of hydrogen-bond acceptors (Lipinski definition) is 4. The molecular weight excluding hydrogens is 434 g/mol. The van der Waals surface area contributed by atoms with E-state index in [1.165, 1.54) is 11.1 Å². The Morgan fingerprint density at radius 3 is 1.51 bits per heavy atom. The molecule has 0 aliphatic carbocycles. The van der Waals surface area contributed by atoms with Gasteiger partial charge in [-0.25, -0.2) is 9.98 Å². The van der Waals surface area contributed by atoms with E-state index in [1.807, 2.05) is 36.4 Å². The minimum atomic E-state index is 0.138. The number of aliphatic imine (C=N–C) groups is 2. The zero-order chi connectivity index (χ0) is 23.5. The number of benzene rings is 3. The summed E-state index contributed by atoms with van der Waals surface area (Å²) in [6, 6.07) is 29.5. The summed E-state index contributed by atoms with van der Waals surface area (Å²) < 4.78 is 11.8. The summed E-state index contributed by atoms with van der Waals surface area (Å²) in [5.74, 6) is 1.34. The Labute approximate surface area is 204 Å². The van der Waals surface area contributed by atoms with Gasteiger partial charge in [0.1, 0.15) is 13.2 Å². The normalized spacial score (nSPS) is 20.6. The second kappa shape index (κ2) is 9.63. The van der Waals surface area contributed by atoms with E-state index in [0.717, 1.165) is 34.3 Å². The first-order valence-corrected chi connectivity index (χ1v) is 12.1. The lowest BCUT2D eigenvalue weighted by Gasteiger charge is -2.03. The summed E-state index contributed by atoms with van der Waals surface area (Å²) in [7, 11) is 0. The lowest BCUT2D eigenvalue weighted by Crippen LogP contribution is -2.14. The zero-order valence-electron chi connectivity index (χ0n) is 19.4. The number of rotatable bonds is 6. The second-order valence-corrected chi connectivity index (χ2v) is 9.03. The fourth-order valence-corrected chi connectivity index (χ4v) is 4.72. The highest BCUT2D eigenvalue weighted by atomic mass is 16.5. The van der Waals surface area contributed by atoms with Gasteiger partial charge in [0, 0.05) is 22.9 Å². The molecule has 0 saturated heterocycles. The molecule has 3 heterocycles. The smallest absolute Gasteiger partial charge is 0.211 e. The van der Waals surface area contributed by atoms with Crippen molar-refractivity contribution in [3.63, 3.8) is 0 Å². The van der Waals surface area contributed by atoms with Crippen LogP contribution in [-0.2, 0) is 22.3 Å². The molecule has 2 aliphatic heterocycles. The van der Waals surface area contributed by atoms with E-state index in [1.54, 1.807) is 0 Å². The van der Waals surface area contributed by atoms with Crippen molar-refractivity contribution in [2.24, 2.45) is 9.98 Å². The van der Waals surface area contributed by atoms with Gasteiger partial charge in [0.2, 0.25) is 11.8 Å². The van der Waals surface area contributed by atoms with Gasteiger partial charge < -0.3 is 14.5 Å². The van der Waals surface area contributed by atoms with E-state index >= 15 is 0 Å². The third-order valence-corrected chi connectivity index (χ3v) is 6.41. The highest BCUT2D eigenvalue weighted by molar-refractivity contribution is 6.09. The molecule has 6 rings (SSSR count). The minimum absolute atomic E-state index is 0.138. The molecule has 0 saturated carbocycles. The van der Waals surface area contributed by atoms with Gasteiger partial charge in [-0.15, -0.1) is 0 Å². The summed E-state index contributed by atoms with van der Waals surface area (Å²) in [5, 5.41) is 4.20. The summed E-state index contributed by atoms with van der Waals surface area (Å²) >= 11 is 0. The molecule has 0 amide bonds. The van der Waals surface area contributed by atoms with Crippen LogP contribution in [0.15, 0.2) is 94.9 Å². The predicted molar refractivity (Wildman–Crippen MR) is 141 cm³/mol. The molecule has 2 atom stereocenters. The van der Waals surface area contributed by atoms with E-state index in [-0.39, 0.29) is 12.1 Å². The van der Waals surface area contributed by atoms with Crippen molar-refractivity contribution < 1.29 is 9.47 Å². The summed E-state index contributed by atoms with van der Waals surface area (Å²) in [5.41, 5.74) is 2.55. The molecule has 2 unspecified atom stereocenters. The van der Waals surface area contributed by atoms with Crippen LogP contribution in [0.25, 0.3) is 22.9 Å². The van der Waals surface area contributed by atoms with Crippen LogP contribution in [0.4, 0.5) is 0 Å². The Kier molecular flexibility index (Phi) is 5.89. The van der Waals surface area contributed by atoms with Crippen molar-refractivity contribution in [1.29, 1.82) is 0 Å². The summed E-state index contributed by atoms with van der Waals surface area (Å²) in [6.45, 7) is 1.21. The van der Waals surface area contributed by atoms with Crippen LogP contribution in [0.5, 0.6) is 0 Å². The SMILES string of the molecule is C(C1=NC(Cc2ccccc2)CO1)=c1[nH]c(=CC2=NC(Cc3ccccc3)CO2)c2ccccc12. The maximum absolute atomic E-state index is 5.92. The van der Waals surface area contributed by atoms with Crippen LogP contribution in [0.2, 0.25) is 0 Å². The molecule has 0 radical (unpaired) electrons. The van der Waals surface area contributed by atoms with E-state index in [0.29, 0.717) is 25.0 Å². The van der Waals surface area contributed by atoms with Gasteiger partial charge in [0.25, 0.3) is 0 Å². The summed E-state index contributed by atoms with van der Waals surface area (Å²) in [4.78, 5) is 13.2. The molecule has 4 aromatic rings. The van der Waals surface area contributed by atoms with Crippen molar-refractivity contribution >= 4 is 34.7 Å². The van der Waals surface area contributed by atoms with Gasteiger partial charge in [-0.05, 0) is 24.0 Å². The lowest BCUT2D eigenvalue weighted by molar-refractivity contribution is 0.320. The molecule has 5 heteroatoms. The molecule has 1 aromatic heterocycles. The number of ether oxygens (including phenoxy) is 2. The number of nitrogens with one attached hydrogen (secondary N) is 1. The van der Waals surface area contributed by atoms with Gasteiger partial charge in [0.15, 0.2) is 0 Å².